The van der Waals surface area contributed by atoms with Crippen molar-refractivity contribution >= 4 is 29.1 Å². The Bertz CT molecular complexity index is 1480. The largest absolute Gasteiger partial charge is 0.352 e. The van der Waals surface area contributed by atoms with Crippen molar-refractivity contribution in [2.45, 2.75) is 32.7 Å². The number of pyridine rings is 1. The third-order valence-corrected chi connectivity index (χ3v) is 6.69. The molecule has 5 rings (SSSR count). The van der Waals surface area contributed by atoms with Crippen molar-refractivity contribution in [2.75, 3.05) is 11.9 Å². The first-order chi connectivity index (χ1) is 18.0. The number of benzene rings is 2. The van der Waals surface area contributed by atoms with Gasteiger partial charge in [-0.15, -0.1) is 0 Å². The maximum atomic E-state index is 14.9. The van der Waals surface area contributed by atoms with Gasteiger partial charge >= 0.3 is 0 Å². The van der Waals surface area contributed by atoms with Gasteiger partial charge in [0.25, 0.3) is 5.91 Å². The van der Waals surface area contributed by atoms with E-state index in [1.807, 2.05) is 47.9 Å². The molecular formula is C29H26ClFN4O2. The Kier molecular flexibility index (Phi) is 7.06. The number of nitrogens with zero attached hydrogens (tertiary/aromatic N) is 2. The van der Waals surface area contributed by atoms with E-state index in [4.69, 9.17) is 11.6 Å². The van der Waals surface area contributed by atoms with Gasteiger partial charge in [0, 0.05) is 64.9 Å². The molecule has 2 aromatic heterocycles. The van der Waals surface area contributed by atoms with Gasteiger partial charge in [0.2, 0.25) is 5.91 Å². The fourth-order valence-corrected chi connectivity index (χ4v) is 5.00. The Morgan fingerprint density at radius 2 is 1.92 bits per heavy atom. The minimum atomic E-state index is -0.405. The molecule has 0 spiro atoms. The van der Waals surface area contributed by atoms with E-state index in [-0.39, 0.29) is 18.4 Å². The molecule has 0 unspecified atom stereocenters. The molecule has 0 atom stereocenters. The molecule has 0 saturated heterocycles. The SMILES string of the molecule is CCCC(=O)Nc1cccc(-c2c3c(n(Cc4ccc(Cl)cc4F)c2-c2ccncc2)CCNC3=O)c1. The second-order valence-corrected chi connectivity index (χ2v) is 9.42. The van der Waals surface area contributed by atoms with Crippen molar-refractivity contribution in [3.05, 3.63) is 94.7 Å². The van der Waals surface area contributed by atoms with Crippen LogP contribution in [-0.4, -0.2) is 27.9 Å². The van der Waals surface area contributed by atoms with E-state index in [1.165, 1.54) is 6.07 Å². The Morgan fingerprint density at radius 3 is 2.68 bits per heavy atom. The first-order valence-corrected chi connectivity index (χ1v) is 12.6. The summed E-state index contributed by atoms with van der Waals surface area (Å²) in [4.78, 5) is 29.7. The first-order valence-electron chi connectivity index (χ1n) is 12.2. The zero-order chi connectivity index (χ0) is 25.9. The lowest BCUT2D eigenvalue weighted by Gasteiger charge is -2.18. The molecule has 188 valence electrons. The number of hydrogen-bond acceptors (Lipinski definition) is 3. The van der Waals surface area contributed by atoms with Crippen molar-refractivity contribution < 1.29 is 14.0 Å². The molecule has 0 bridgehead atoms. The van der Waals surface area contributed by atoms with Crippen LogP contribution in [0, 0.1) is 5.82 Å². The van der Waals surface area contributed by atoms with Crippen molar-refractivity contribution in [3.8, 4) is 22.4 Å². The van der Waals surface area contributed by atoms with Gasteiger partial charge in [-0.05, 0) is 48.4 Å². The topological polar surface area (TPSA) is 76.0 Å². The molecular weight excluding hydrogens is 491 g/mol. The zero-order valence-electron chi connectivity index (χ0n) is 20.4. The van der Waals surface area contributed by atoms with Crippen LogP contribution >= 0.6 is 11.6 Å². The number of carbonyl (C=O) groups excluding carboxylic acids is 2. The highest BCUT2D eigenvalue weighted by molar-refractivity contribution is 6.30. The van der Waals surface area contributed by atoms with Crippen LogP contribution in [0.4, 0.5) is 10.1 Å². The van der Waals surface area contributed by atoms with Crippen LogP contribution in [0.2, 0.25) is 5.02 Å². The third kappa shape index (κ3) is 5.00. The van der Waals surface area contributed by atoms with Gasteiger partial charge in [-0.1, -0.05) is 36.7 Å². The number of rotatable bonds is 7. The Labute approximate surface area is 219 Å². The number of aromatic nitrogens is 2. The zero-order valence-corrected chi connectivity index (χ0v) is 21.1. The van der Waals surface area contributed by atoms with Gasteiger partial charge in [-0.2, -0.15) is 0 Å². The third-order valence-electron chi connectivity index (χ3n) is 6.45. The summed E-state index contributed by atoms with van der Waals surface area (Å²) in [5, 5.41) is 6.23. The van der Waals surface area contributed by atoms with Gasteiger partial charge in [0.15, 0.2) is 0 Å². The molecule has 3 heterocycles. The molecule has 0 aliphatic carbocycles. The van der Waals surface area contributed by atoms with Crippen LogP contribution in [-0.2, 0) is 17.8 Å². The predicted molar refractivity (Wildman–Crippen MR) is 143 cm³/mol. The van der Waals surface area contributed by atoms with E-state index >= 15 is 0 Å². The molecule has 2 amide bonds. The molecule has 0 radical (unpaired) electrons. The lowest BCUT2D eigenvalue weighted by molar-refractivity contribution is -0.116. The normalized spacial score (nSPS) is 12.7. The monoisotopic (exact) mass is 516 g/mol. The number of hydrogen-bond donors (Lipinski definition) is 2. The fourth-order valence-electron chi connectivity index (χ4n) is 4.84. The maximum Gasteiger partial charge on any atom is 0.253 e. The van der Waals surface area contributed by atoms with E-state index in [1.54, 1.807) is 24.5 Å². The Morgan fingerprint density at radius 1 is 1.11 bits per heavy atom. The standard InChI is InChI=1S/C29H26ClFN4O2/c1-2-4-25(36)34-22-6-3-5-19(15-22)26-27-24(11-14-33-29(27)37)35(28(26)18-9-12-32-13-10-18)17-20-7-8-21(30)16-23(20)31/h3,5-10,12-13,15-16H,2,4,11,14,17H2,1H3,(H,33,37)(H,34,36). The molecule has 6 nitrogen and oxygen atoms in total. The first kappa shape index (κ1) is 24.7. The maximum absolute atomic E-state index is 14.9. The molecule has 2 aromatic carbocycles. The average Bonchev–Trinajstić information content (AvgIpc) is 3.22. The molecule has 2 N–H and O–H groups in total. The van der Waals surface area contributed by atoms with Crippen LogP contribution in [0.15, 0.2) is 67.0 Å². The summed E-state index contributed by atoms with van der Waals surface area (Å²) in [6.07, 6.45) is 5.16. The Hall–Kier alpha value is -3.97. The Balaban J connectivity index is 1.74. The average molecular weight is 517 g/mol. The number of nitrogens with one attached hydrogen (secondary N) is 2. The highest BCUT2D eigenvalue weighted by Gasteiger charge is 2.31. The van der Waals surface area contributed by atoms with Crippen molar-refractivity contribution in [1.82, 2.24) is 14.9 Å². The number of halogens is 2. The highest BCUT2D eigenvalue weighted by atomic mass is 35.5. The van der Waals surface area contributed by atoms with E-state index in [0.717, 1.165) is 34.5 Å². The molecule has 8 heteroatoms. The summed E-state index contributed by atoms with van der Waals surface area (Å²) >= 11 is 6.00. The fraction of sp³-hybridized carbons (Fsp3) is 0.207. The van der Waals surface area contributed by atoms with E-state index < -0.39 is 5.82 Å². The van der Waals surface area contributed by atoms with Gasteiger partial charge in [0.05, 0.1) is 17.8 Å². The summed E-state index contributed by atoms with van der Waals surface area (Å²) < 4.78 is 16.9. The molecule has 0 saturated carbocycles. The van der Waals surface area contributed by atoms with Crippen LogP contribution in [0.5, 0.6) is 0 Å². The summed E-state index contributed by atoms with van der Waals surface area (Å²) in [6, 6.07) is 15.9. The number of anilines is 1. The summed E-state index contributed by atoms with van der Waals surface area (Å²) in [6.45, 7) is 2.67. The van der Waals surface area contributed by atoms with Crippen LogP contribution < -0.4 is 10.6 Å². The predicted octanol–water partition coefficient (Wildman–Crippen LogP) is 6.08. The van der Waals surface area contributed by atoms with Crippen LogP contribution in [0.3, 0.4) is 0 Å². The lowest BCUT2D eigenvalue weighted by atomic mass is 9.95. The number of fused-ring (bicyclic) bond motifs is 1. The molecule has 1 aliphatic rings. The minimum Gasteiger partial charge on any atom is -0.352 e. The second-order valence-electron chi connectivity index (χ2n) is 8.99. The molecule has 37 heavy (non-hydrogen) atoms. The van der Waals surface area contributed by atoms with E-state index in [9.17, 15) is 14.0 Å². The van der Waals surface area contributed by atoms with E-state index in [0.29, 0.717) is 41.2 Å². The van der Waals surface area contributed by atoms with Crippen molar-refractivity contribution in [3.63, 3.8) is 0 Å². The number of amides is 2. The molecule has 1 aliphatic heterocycles. The van der Waals surface area contributed by atoms with Crippen molar-refractivity contribution in [1.29, 1.82) is 0 Å². The summed E-state index contributed by atoms with van der Waals surface area (Å²) in [7, 11) is 0. The van der Waals surface area contributed by atoms with Gasteiger partial charge < -0.3 is 15.2 Å². The summed E-state index contributed by atoms with van der Waals surface area (Å²) in [5.74, 6) is -0.648. The smallest absolute Gasteiger partial charge is 0.253 e. The van der Waals surface area contributed by atoms with Gasteiger partial charge in [-0.3, -0.25) is 14.6 Å². The quantitative estimate of drug-likeness (QED) is 0.312. The molecule has 4 aromatic rings. The van der Waals surface area contributed by atoms with E-state index in [2.05, 4.69) is 15.6 Å². The van der Waals surface area contributed by atoms with Gasteiger partial charge in [-0.25, -0.2) is 4.39 Å². The minimum absolute atomic E-state index is 0.0652. The second kappa shape index (κ2) is 10.6. The molecule has 0 fully saturated rings. The van der Waals surface area contributed by atoms with Crippen molar-refractivity contribution in [2.24, 2.45) is 0 Å². The lowest BCUT2D eigenvalue weighted by Crippen LogP contribution is -2.32. The van der Waals surface area contributed by atoms with Crippen LogP contribution in [0.1, 0.15) is 41.4 Å². The van der Waals surface area contributed by atoms with Crippen LogP contribution in [0.25, 0.3) is 22.4 Å². The highest BCUT2D eigenvalue weighted by Crippen LogP contribution is 2.41. The van der Waals surface area contributed by atoms with Gasteiger partial charge in [0.1, 0.15) is 5.82 Å². The number of carbonyl (C=O) groups is 2. The summed E-state index contributed by atoms with van der Waals surface area (Å²) in [5.41, 5.74) is 5.67.